The minimum atomic E-state index is -0.754. The monoisotopic (exact) mass is 511 g/mol. The molecular weight excluding hydrogens is 487 g/mol. The van der Waals surface area contributed by atoms with Crippen molar-refractivity contribution in [2.75, 3.05) is 0 Å². The van der Waals surface area contributed by atoms with E-state index in [0.717, 1.165) is 0 Å². The first kappa shape index (κ1) is 25.5. The largest absolute Gasteiger partial charge is 0.508 e. The Kier molecular flexibility index (Phi) is 8.67. The van der Waals surface area contributed by atoms with Crippen LogP contribution in [0.15, 0.2) is 107 Å². The zero-order valence-electron chi connectivity index (χ0n) is 18.6. The van der Waals surface area contributed by atoms with Gasteiger partial charge in [-0.05, 0) is 36.4 Å². The normalized spacial score (nSPS) is 12.9. The average Bonchev–Trinajstić information content (AvgIpc) is 2.84. The van der Waals surface area contributed by atoms with Crippen LogP contribution in [0, 0.1) is 0 Å². The van der Waals surface area contributed by atoms with Crippen LogP contribution < -0.4 is 0 Å². The van der Waals surface area contributed by atoms with Crippen molar-refractivity contribution in [2.24, 2.45) is 9.98 Å². The van der Waals surface area contributed by atoms with Crippen LogP contribution in [0.3, 0.4) is 0 Å². The van der Waals surface area contributed by atoms with Crippen molar-refractivity contribution in [3.8, 4) is 23.0 Å². The number of hydrogen-bond donors (Lipinski definition) is 4. The van der Waals surface area contributed by atoms with Crippen LogP contribution in [0.4, 0.5) is 0 Å². The second-order valence-corrected chi connectivity index (χ2v) is 7.68. The molecule has 7 heteroatoms. The number of para-hydroxylation sites is 4. The maximum absolute atomic E-state index is 10.6. The van der Waals surface area contributed by atoms with E-state index in [2.05, 4.69) is 0 Å². The molecule has 0 aromatic heterocycles. The summed E-state index contributed by atoms with van der Waals surface area (Å²) in [5.74, 6) is 0.193. The van der Waals surface area contributed by atoms with Crippen LogP contribution >= 0.6 is 0 Å². The summed E-state index contributed by atoms with van der Waals surface area (Å²) in [6, 6.07) is 25.7. The van der Waals surface area contributed by atoms with E-state index in [1.54, 1.807) is 97.1 Å². The standard InChI is InChI=1S/C28H24N2O4.Co/c31-23-13-5-1-9-19(23)17-29-27(21-11-3-7-15-25(21)33)28(22-12-4-8-16-26(22)34)30-18-20-10-2-6-14-24(20)32;/h1-18,27-28,31-34H;/t27-,28+;. The topological polar surface area (TPSA) is 106 Å². The molecule has 6 nitrogen and oxygen atoms in total. The molecule has 0 aliphatic heterocycles. The Balaban J connectivity index is 0.00000342. The molecule has 0 saturated carbocycles. The van der Waals surface area contributed by atoms with Gasteiger partial charge in [0.15, 0.2) is 0 Å². The summed E-state index contributed by atoms with van der Waals surface area (Å²) in [6.45, 7) is 0. The Morgan fingerprint density at radius 1 is 0.457 bits per heavy atom. The zero-order valence-corrected chi connectivity index (χ0v) is 19.6. The molecule has 2 atom stereocenters. The first-order chi connectivity index (χ1) is 16.5. The number of benzene rings is 4. The van der Waals surface area contributed by atoms with E-state index in [-0.39, 0.29) is 39.8 Å². The van der Waals surface area contributed by atoms with Crippen LogP contribution in [0.25, 0.3) is 0 Å². The second-order valence-electron chi connectivity index (χ2n) is 7.68. The number of nitrogens with zero attached hydrogens (tertiary/aromatic N) is 2. The van der Waals surface area contributed by atoms with E-state index in [0.29, 0.717) is 22.3 Å². The Morgan fingerprint density at radius 2 is 0.771 bits per heavy atom. The van der Waals surface area contributed by atoms with Crippen molar-refractivity contribution in [3.63, 3.8) is 0 Å². The number of rotatable bonds is 7. The Labute approximate surface area is 213 Å². The van der Waals surface area contributed by atoms with E-state index in [1.165, 1.54) is 12.4 Å². The first-order valence-electron chi connectivity index (χ1n) is 10.7. The average molecular weight is 511 g/mol. The van der Waals surface area contributed by atoms with Crippen LogP contribution in [0.5, 0.6) is 23.0 Å². The van der Waals surface area contributed by atoms with Gasteiger partial charge in [0.25, 0.3) is 0 Å². The predicted octanol–water partition coefficient (Wildman–Crippen LogP) is 5.53. The molecular formula is C28H24CoN2O4. The van der Waals surface area contributed by atoms with Gasteiger partial charge in [-0.25, -0.2) is 0 Å². The summed E-state index contributed by atoms with van der Waals surface area (Å²) in [5.41, 5.74) is 2.00. The predicted molar refractivity (Wildman–Crippen MR) is 133 cm³/mol. The molecule has 0 fully saturated rings. The number of aromatic hydroxyl groups is 4. The van der Waals surface area contributed by atoms with Gasteiger partial charge in [-0.15, -0.1) is 0 Å². The molecule has 0 unspecified atom stereocenters. The molecule has 4 rings (SSSR count). The SMILES string of the molecule is Oc1ccccc1C=N[C@H](c1ccccc1O)[C@@H](N=Cc1ccccc1O)c1ccccc1O.[Co]. The smallest absolute Gasteiger partial charge is 0.124 e. The Bertz CT molecular complexity index is 1240. The van der Waals surface area contributed by atoms with Crippen molar-refractivity contribution in [1.29, 1.82) is 0 Å². The van der Waals surface area contributed by atoms with Gasteiger partial charge in [0.05, 0.1) is 0 Å². The number of hydrogen-bond acceptors (Lipinski definition) is 6. The molecule has 4 aromatic rings. The summed E-state index contributed by atoms with van der Waals surface area (Å²) in [5, 5.41) is 41.7. The van der Waals surface area contributed by atoms with Gasteiger partial charge in [-0.2, -0.15) is 0 Å². The first-order valence-corrected chi connectivity index (χ1v) is 10.7. The third-order valence-electron chi connectivity index (χ3n) is 5.43. The van der Waals surface area contributed by atoms with Gasteiger partial charge >= 0.3 is 0 Å². The molecule has 0 spiro atoms. The third-order valence-corrected chi connectivity index (χ3v) is 5.43. The third kappa shape index (κ3) is 6.09. The number of aliphatic imine (C=N–C) groups is 2. The summed E-state index contributed by atoms with van der Waals surface area (Å²) in [4.78, 5) is 9.41. The van der Waals surface area contributed by atoms with E-state index in [1.807, 2.05) is 0 Å². The summed E-state index contributed by atoms with van der Waals surface area (Å²) in [6.07, 6.45) is 3.05. The van der Waals surface area contributed by atoms with E-state index in [4.69, 9.17) is 9.98 Å². The van der Waals surface area contributed by atoms with E-state index in [9.17, 15) is 20.4 Å². The van der Waals surface area contributed by atoms with Gasteiger partial charge in [0.2, 0.25) is 0 Å². The summed E-state index contributed by atoms with van der Waals surface area (Å²) in [7, 11) is 0. The van der Waals surface area contributed by atoms with E-state index < -0.39 is 12.1 Å². The number of phenolic OH excluding ortho intramolecular Hbond substituents is 4. The molecule has 179 valence electrons. The van der Waals surface area contributed by atoms with E-state index >= 15 is 0 Å². The van der Waals surface area contributed by atoms with Crippen molar-refractivity contribution in [3.05, 3.63) is 119 Å². The van der Waals surface area contributed by atoms with Gasteiger partial charge in [-0.1, -0.05) is 60.7 Å². The zero-order chi connectivity index (χ0) is 23.9. The summed E-state index contributed by atoms with van der Waals surface area (Å²) < 4.78 is 0. The minimum Gasteiger partial charge on any atom is -0.508 e. The molecule has 1 radical (unpaired) electrons. The van der Waals surface area contributed by atoms with Gasteiger partial charge in [0, 0.05) is 51.5 Å². The van der Waals surface area contributed by atoms with Crippen molar-refractivity contribution >= 4 is 12.4 Å². The fourth-order valence-electron chi connectivity index (χ4n) is 3.65. The van der Waals surface area contributed by atoms with Crippen LogP contribution in [-0.4, -0.2) is 32.9 Å². The van der Waals surface area contributed by atoms with Gasteiger partial charge in [-0.3, -0.25) is 9.98 Å². The maximum atomic E-state index is 10.6. The Morgan fingerprint density at radius 3 is 1.11 bits per heavy atom. The van der Waals surface area contributed by atoms with Crippen LogP contribution in [0.2, 0.25) is 0 Å². The molecule has 0 saturated heterocycles. The van der Waals surface area contributed by atoms with Crippen LogP contribution in [-0.2, 0) is 16.8 Å². The minimum absolute atomic E-state index is 0. The summed E-state index contributed by atoms with van der Waals surface area (Å²) >= 11 is 0. The second kappa shape index (κ2) is 11.9. The number of phenols is 4. The maximum Gasteiger partial charge on any atom is 0.124 e. The van der Waals surface area contributed by atoms with Crippen molar-refractivity contribution in [2.45, 2.75) is 12.1 Å². The molecule has 0 heterocycles. The molecule has 0 amide bonds. The molecule has 4 aromatic carbocycles. The van der Waals surface area contributed by atoms with Gasteiger partial charge in [0.1, 0.15) is 35.1 Å². The molecule has 4 N–H and O–H groups in total. The van der Waals surface area contributed by atoms with Crippen molar-refractivity contribution < 1.29 is 37.2 Å². The van der Waals surface area contributed by atoms with Gasteiger partial charge < -0.3 is 20.4 Å². The van der Waals surface area contributed by atoms with Crippen LogP contribution in [0.1, 0.15) is 34.3 Å². The Hall–Kier alpha value is -4.07. The molecule has 0 aliphatic carbocycles. The quantitative estimate of drug-likeness (QED) is 0.245. The molecule has 35 heavy (non-hydrogen) atoms. The molecule has 0 bridgehead atoms. The fraction of sp³-hybridized carbons (Fsp3) is 0.0714. The molecule has 0 aliphatic rings. The fourth-order valence-corrected chi connectivity index (χ4v) is 3.65. The van der Waals surface area contributed by atoms with Crippen molar-refractivity contribution in [1.82, 2.24) is 0 Å².